The predicted molar refractivity (Wildman–Crippen MR) is 77.1 cm³/mol. The summed E-state index contributed by atoms with van der Waals surface area (Å²) in [5.41, 5.74) is 6.23. The van der Waals surface area contributed by atoms with Crippen LogP contribution in [0.25, 0.3) is 0 Å². The van der Waals surface area contributed by atoms with Crippen LogP contribution in [0.2, 0.25) is 0 Å². The molecule has 0 radical (unpaired) electrons. The molecule has 2 amide bonds. The molecule has 1 saturated carbocycles. The molecule has 0 aromatic heterocycles. The summed E-state index contributed by atoms with van der Waals surface area (Å²) in [6.45, 7) is 0.600. The Kier molecular flexibility index (Phi) is 5.12. The van der Waals surface area contributed by atoms with Crippen LogP contribution in [0.5, 0.6) is 0 Å². The van der Waals surface area contributed by atoms with Gasteiger partial charge in [-0.1, -0.05) is 24.6 Å². The van der Waals surface area contributed by atoms with Crippen LogP contribution < -0.4 is 16.4 Å². The number of amides is 2. The highest BCUT2D eigenvalue weighted by molar-refractivity contribution is 5.96. The minimum Gasteiger partial charge on any atom is -0.352 e. The van der Waals surface area contributed by atoms with E-state index in [9.17, 15) is 9.59 Å². The Hall–Kier alpha value is -1.88. The molecule has 2 unspecified atom stereocenters. The van der Waals surface area contributed by atoms with Crippen molar-refractivity contribution >= 4 is 11.8 Å². The van der Waals surface area contributed by atoms with Gasteiger partial charge in [-0.15, -0.1) is 0 Å². The molecular weight excluding hydrogens is 254 g/mol. The maximum Gasteiger partial charge on any atom is 0.251 e. The fraction of sp³-hybridized carbons (Fsp3) is 0.467. The Balaban J connectivity index is 1.76. The largest absolute Gasteiger partial charge is 0.352 e. The van der Waals surface area contributed by atoms with Crippen molar-refractivity contribution in [3.05, 3.63) is 35.9 Å². The quantitative estimate of drug-likeness (QED) is 0.738. The summed E-state index contributed by atoms with van der Waals surface area (Å²) in [5.74, 6) is -0.0223. The van der Waals surface area contributed by atoms with Crippen molar-refractivity contribution < 1.29 is 9.59 Å². The molecule has 1 aliphatic carbocycles. The highest BCUT2D eigenvalue weighted by Gasteiger charge is 2.27. The topological polar surface area (TPSA) is 84.2 Å². The summed E-state index contributed by atoms with van der Waals surface area (Å²) < 4.78 is 0. The van der Waals surface area contributed by atoms with Gasteiger partial charge in [0.15, 0.2) is 0 Å². The van der Waals surface area contributed by atoms with E-state index in [4.69, 9.17) is 5.73 Å². The van der Waals surface area contributed by atoms with Crippen LogP contribution in [0, 0.1) is 5.92 Å². The first-order valence-electron chi connectivity index (χ1n) is 7.03. The van der Waals surface area contributed by atoms with Crippen molar-refractivity contribution in [2.24, 2.45) is 11.7 Å². The second-order valence-corrected chi connectivity index (χ2v) is 5.15. The van der Waals surface area contributed by atoms with Gasteiger partial charge in [0.1, 0.15) is 0 Å². The molecule has 2 atom stereocenters. The lowest BCUT2D eigenvalue weighted by atomic mass is 10.0. The normalized spacial score (nSPS) is 21.4. The third kappa shape index (κ3) is 3.81. The Labute approximate surface area is 118 Å². The number of nitrogens with one attached hydrogen (secondary N) is 2. The van der Waals surface area contributed by atoms with Crippen molar-refractivity contribution in [2.45, 2.75) is 25.3 Å². The molecule has 1 aromatic rings. The molecule has 20 heavy (non-hydrogen) atoms. The maximum atomic E-state index is 11.8. The minimum absolute atomic E-state index is 0.00151. The molecule has 0 saturated heterocycles. The maximum absolute atomic E-state index is 11.8. The van der Waals surface area contributed by atoms with E-state index < -0.39 is 0 Å². The van der Waals surface area contributed by atoms with E-state index in [0.29, 0.717) is 18.0 Å². The number of hydrogen-bond donors (Lipinski definition) is 3. The average molecular weight is 275 g/mol. The van der Waals surface area contributed by atoms with E-state index in [-0.39, 0.29) is 24.4 Å². The van der Waals surface area contributed by atoms with Crippen LogP contribution in [-0.4, -0.2) is 30.9 Å². The third-order valence-electron chi connectivity index (χ3n) is 3.75. The van der Waals surface area contributed by atoms with Gasteiger partial charge < -0.3 is 16.4 Å². The fourth-order valence-corrected chi connectivity index (χ4v) is 2.62. The lowest BCUT2D eigenvalue weighted by Crippen LogP contribution is -2.44. The lowest BCUT2D eigenvalue weighted by Gasteiger charge is -2.19. The van der Waals surface area contributed by atoms with Gasteiger partial charge in [-0.2, -0.15) is 0 Å². The van der Waals surface area contributed by atoms with E-state index in [2.05, 4.69) is 10.6 Å². The number of hydrogen-bond acceptors (Lipinski definition) is 3. The first kappa shape index (κ1) is 14.5. The monoisotopic (exact) mass is 275 g/mol. The van der Waals surface area contributed by atoms with Crippen LogP contribution in [-0.2, 0) is 4.79 Å². The van der Waals surface area contributed by atoms with Crippen LogP contribution in [0.1, 0.15) is 29.6 Å². The first-order chi connectivity index (χ1) is 9.70. The minimum atomic E-state index is -0.234. The molecule has 0 heterocycles. The van der Waals surface area contributed by atoms with Crippen LogP contribution in [0.3, 0.4) is 0 Å². The SMILES string of the molecule is NCC1CCCC1NC(=O)CNC(=O)c1ccccc1. The van der Waals surface area contributed by atoms with Gasteiger partial charge in [-0.25, -0.2) is 0 Å². The van der Waals surface area contributed by atoms with E-state index in [0.717, 1.165) is 19.3 Å². The van der Waals surface area contributed by atoms with Gasteiger partial charge >= 0.3 is 0 Å². The van der Waals surface area contributed by atoms with Gasteiger partial charge in [0, 0.05) is 11.6 Å². The first-order valence-corrected chi connectivity index (χ1v) is 7.03. The van der Waals surface area contributed by atoms with Crippen molar-refractivity contribution in [1.82, 2.24) is 10.6 Å². The molecule has 5 nitrogen and oxygen atoms in total. The summed E-state index contributed by atoms with van der Waals surface area (Å²) in [7, 11) is 0. The highest BCUT2D eigenvalue weighted by atomic mass is 16.2. The van der Waals surface area contributed by atoms with E-state index in [1.54, 1.807) is 24.3 Å². The van der Waals surface area contributed by atoms with Crippen LogP contribution in [0.15, 0.2) is 30.3 Å². The average Bonchev–Trinajstić information content (AvgIpc) is 2.92. The van der Waals surface area contributed by atoms with Crippen molar-refractivity contribution in [1.29, 1.82) is 0 Å². The smallest absolute Gasteiger partial charge is 0.251 e. The fourth-order valence-electron chi connectivity index (χ4n) is 2.62. The van der Waals surface area contributed by atoms with Gasteiger partial charge in [-0.05, 0) is 37.4 Å². The van der Waals surface area contributed by atoms with E-state index in [1.165, 1.54) is 0 Å². The van der Waals surface area contributed by atoms with Crippen molar-refractivity contribution in [3.63, 3.8) is 0 Å². The zero-order valence-electron chi connectivity index (χ0n) is 11.5. The predicted octanol–water partition coefficient (Wildman–Crippen LogP) is 0.660. The van der Waals surface area contributed by atoms with Gasteiger partial charge in [0.2, 0.25) is 5.91 Å². The molecule has 1 fully saturated rings. The third-order valence-corrected chi connectivity index (χ3v) is 3.75. The molecular formula is C15H21N3O2. The standard InChI is InChI=1S/C15H21N3O2/c16-9-12-7-4-8-13(12)18-14(19)10-17-15(20)11-5-2-1-3-6-11/h1-3,5-6,12-13H,4,7-10,16H2,(H,17,20)(H,18,19). The molecule has 0 aliphatic heterocycles. The number of carbonyl (C=O) groups is 2. The molecule has 0 bridgehead atoms. The second kappa shape index (κ2) is 7.05. The molecule has 0 spiro atoms. The number of nitrogens with two attached hydrogens (primary N) is 1. The Bertz CT molecular complexity index is 461. The van der Waals surface area contributed by atoms with Crippen molar-refractivity contribution in [2.75, 3.05) is 13.1 Å². The van der Waals surface area contributed by atoms with Crippen LogP contribution in [0.4, 0.5) is 0 Å². The lowest BCUT2D eigenvalue weighted by molar-refractivity contribution is -0.121. The highest BCUT2D eigenvalue weighted by Crippen LogP contribution is 2.24. The number of benzene rings is 1. The number of rotatable bonds is 5. The zero-order chi connectivity index (χ0) is 14.4. The van der Waals surface area contributed by atoms with E-state index >= 15 is 0 Å². The molecule has 2 rings (SSSR count). The number of carbonyl (C=O) groups excluding carboxylic acids is 2. The molecule has 1 aromatic carbocycles. The van der Waals surface area contributed by atoms with E-state index in [1.807, 2.05) is 6.07 Å². The summed E-state index contributed by atoms with van der Waals surface area (Å²) in [6.07, 6.45) is 3.14. The van der Waals surface area contributed by atoms with Gasteiger partial charge in [-0.3, -0.25) is 9.59 Å². The second-order valence-electron chi connectivity index (χ2n) is 5.15. The summed E-state index contributed by atoms with van der Waals surface area (Å²) in [5, 5.41) is 5.58. The summed E-state index contributed by atoms with van der Waals surface area (Å²) >= 11 is 0. The van der Waals surface area contributed by atoms with Gasteiger partial charge in [0.25, 0.3) is 5.91 Å². The van der Waals surface area contributed by atoms with Crippen molar-refractivity contribution in [3.8, 4) is 0 Å². The Morgan fingerprint density at radius 1 is 1.20 bits per heavy atom. The van der Waals surface area contributed by atoms with Crippen LogP contribution >= 0.6 is 0 Å². The summed E-state index contributed by atoms with van der Waals surface area (Å²) in [4.78, 5) is 23.6. The van der Waals surface area contributed by atoms with Gasteiger partial charge in [0.05, 0.1) is 6.54 Å². The molecule has 108 valence electrons. The summed E-state index contributed by atoms with van der Waals surface area (Å²) in [6, 6.07) is 9.01. The molecule has 5 heteroatoms. The Morgan fingerprint density at radius 2 is 1.95 bits per heavy atom. The zero-order valence-corrected chi connectivity index (χ0v) is 11.5. The molecule has 4 N–H and O–H groups in total. The Morgan fingerprint density at radius 3 is 2.65 bits per heavy atom. The molecule has 1 aliphatic rings.